The molecule has 0 amide bonds. The number of anilines is 1. The third kappa shape index (κ3) is 1.63. The Hall–Kier alpha value is -1.62. The van der Waals surface area contributed by atoms with Crippen molar-refractivity contribution in [2.24, 2.45) is 0 Å². The smallest absolute Gasteiger partial charge is 0.178 e. The van der Waals surface area contributed by atoms with Gasteiger partial charge >= 0.3 is 0 Å². The molecule has 0 spiro atoms. The first kappa shape index (κ1) is 10.9. The molecule has 0 bridgehead atoms. The van der Waals surface area contributed by atoms with E-state index in [1.165, 1.54) is 0 Å². The fourth-order valence-corrected chi connectivity index (χ4v) is 2.71. The molecule has 5 heteroatoms. The first-order valence-corrected chi connectivity index (χ1v) is 6.56. The fraction of sp³-hybridized carbons (Fsp3) is 0.182. The topological polar surface area (TPSA) is 73.0 Å². The molecule has 1 aromatic heterocycles. The van der Waals surface area contributed by atoms with Gasteiger partial charge in [0.05, 0.1) is 10.6 Å². The van der Waals surface area contributed by atoms with E-state index < -0.39 is 9.84 Å². The average Bonchev–Trinajstić information content (AvgIpc) is 2.29. The van der Waals surface area contributed by atoms with E-state index in [0.717, 1.165) is 0 Å². The van der Waals surface area contributed by atoms with Gasteiger partial charge in [0.15, 0.2) is 9.84 Å². The molecule has 0 aliphatic rings. The van der Waals surface area contributed by atoms with Gasteiger partial charge in [-0.3, -0.25) is 4.98 Å². The summed E-state index contributed by atoms with van der Waals surface area (Å²) >= 11 is 0. The Morgan fingerprint density at radius 3 is 2.69 bits per heavy atom. The van der Waals surface area contributed by atoms with Gasteiger partial charge in [0, 0.05) is 28.9 Å². The number of sulfone groups is 1. The molecule has 84 valence electrons. The van der Waals surface area contributed by atoms with Crippen LogP contribution in [0.15, 0.2) is 35.5 Å². The zero-order chi connectivity index (χ0) is 11.8. The monoisotopic (exact) mass is 236 g/mol. The molecule has 0 atom stereocenters. The molecule has 1 heterocycles. The van der Waals surface area contributed by atoms with E-state index in [-0.39, 0.29) is 5.75 Å². The summed E-state index contributed by atoms with van der Waals surface area (Å²) in [4.78, 5) is 4.27. The fourth-order valence-electron chi connectivity index (χ4n) is 1.61. The molecule has 1 aromatic carbocycles. The van der Waals surface area contributed by atoms with Gasteiger partial charge in [0.1, 0.15) is 0 Å². The molecule has 2 aromatic rings. The number of nitrogen functional groups attached to an aromatic ring is 1. The van der Waals surface area contributed by atoms with Crippen LogP contribution in [0.4, 0.5) is 5.69 Å². The molecule has 0 aliphatic heterocycles. The minimum absolute atomic E-state index is 0.0777. The van der Waals surface area contributed by atoms with Gasteiger partial charge in [-0.05, 0) is 18.2 Å². The average molecular weight is 236 g/mol. The van der Waals surface area contributed by atoms with E-state index in [4.69, 9.17) is 5.73 Å². The number of pyridine rings is 1. The van der Waals surface area contributed by atoms with Crippen LogP contribution in [0.1, 0.15) is 6.92 Å². The van der Waals surface area contributed by atoms with E-state index in [9.17, 15) is 8.42 Å². The summed E-state index contributed by atoms with van der Waals surface area (Å²) in [6.45, 7) is 1.62. The zero-order valence-corrected chi connectivity index (χ0v) is 9.66. The van der Waals surface area contributed by atoms with Gasteiger partial charge in [-0.2, -0.15) is 0 Å². The van der Waals surface area contributed by atoms with Gasteiger partial charge in [0.25, 0.3) is 0 Å². The van der Waals surface area contributed by atoms with Crippen molar-refractivity contribution in [2.45, 2.75) is 11.8 Å². The Balaban J connectivity index is 2.88. The van der Waals surface area contributed by atoms with Crippen LogP contribution in [0, 0.1) is 0 Å². The van der Waals surface area contributed by atoms with Gasteiger partial charge in [-0.1, -0.05) is 6.92 Å². The number of nitrogens with zero attached hydrogens (tertiary/aromatic N) is 1. The van der Waals surface area contributed by atoms with Crippen molar-refractivity contribution < 1.29 is 8.42 Å². The molecule has 0 fully saturated rings. The largest absolute Gasteiger partial charge is 0.398 e. The quantitative estimate of drug-likeness (QED) is 0.804. The number of fused-ring (bicyclic) bond motifs is 1. The highest BCUT2D eigenvalue weighted by Gasteiger charge is 2.15. The highest BCUT2D eigenvalue weighted by atomic mass is 32.2. The summed E-state index contributed by atoms with van der Waals surface area (Å²) in [5.74, 6) is 0.0777. The number of rotatable bonds is 2. The predicted molar refractivity (Wildman–Crippen MR) is 63.9 cm³/mol. The maximum atomic E-state index is 11.9. The second-order valence-corrected chi connectivity index (χ2v) is 5.72. The Morgan fingerprint density at radius 1 is 1.25 bits per heavy atom. The molecule has 0 aliphatic carbocycles. The van der Waals surface area contributed by atoms with Crippen LogP contribution in [0.5, 0.6) is 0 Å². The van der Waals surface area contributed by atoms with Crippen LogP contribution in [-0.4, -0.2) is 19.2 Å². The summed E-state index contributed by atoms with van der Waals surface area (Å²) in [6.07, 6.45) is 3.15. The second-order valence-electron chi connectivity index (χ2n) is 3.48. The van der Waals surface area contributed by atoms with Gasteiger partial charge < -0.3 is 5.73 Å². The molecule has 0 saturated heterocycles. The molecular formula is C11H12N2O2S. The summed E-state index contributed by atoms with van der Waals surface area (Å²) in [6, 6.07) is 4.83. The molecule has 2 N–H and O–H groups in total. The van der Waals surface area contributed by atoms with Crippen LogP contribution in [-0.2, 0) is 9.84 Å². The van der Waals surface area contributed by atoms with Crippen molar-refractivity contribution >= 4 is 26.3 Å². The van der Waals surface area contributed by atoms with Gasteiger partial charge in [-0.15, -0.1) is 0 Å². The van der Waals surface area contributed by atoms with Crippen molar-refractivity contribution in [3.63, 3.8) is 0 Å². The number of hydrogen-bond acceptors (Lipinski definition) is 4. The lowest BCUT2D eigenvalue weighted by Gasteiger charge is -2.07. The summed E-state index contributed by atoms with van der Waals surface area (Å²) < 4.78 is 23.7. The van der Waals surface area contributed by atoms with E-state index in [1.54, 1.807) is 37.5 Å². The van der Waals surface area contributed by atoms with Crippen LogP contribution in [0.3, 0.4) is 0 Å². The van der Waals surface area contributed by atoms with Gasteiger partial charge in [-0.25, -0.2) is 8.42 Å². The molecular weight excluding hydrogens is 224 g/mol. The Bertz CT molecular complexity index is 635. The summed E-state index contributed by atoms with van der Waals surface area (Å²) in [5, 5.41) is 1.31. The van der Waals surface area contributed by atoms with Crippen LogP contribution in [0.2, 0.25) is 0 Å². The Kier molecular flexibility index (Phi) is 2.55. The summed E-state index contributed by atoms with van der Waals surface area (Å²) in [7, 11) is -3.22. The summed E-state index contributed by atoms with van der Waals surface area (Å²) in [5.41, 5.74) is 6.31. The first-order chi connectivity index (χ1) is 7.56. The number of hydrogen-bond donors (Lipinski definition) is 1. The van der Waals surface area contributed by atoms with Gasteiger partial charge in [0.2, 0.25) is 0 Å². The minimum atomic E-state index is -3.22. The Labute approximate surface area is 94.0 Å². The lowest BCUT2D eigenvalue weighted by molar-refractivity contribution is 0.598. The maximum Gasteiger partial charge on any atom is 0.178 e. The van der Waals surface area contributed by atoms with Crippen molar-refractivity contribution in [3.05, 3.63) is 30.6 Å². The van der Waals surface area contributed by atoms with Crippen molar-refractivity contribution in [1.82, 2.24) is 4.98 Å². The third-order valence-electron chi connectivity index (χ3n) is 2.53. The number of benzene rings is 1. The first-order valence-electron chi connectivity index (χ1n) is 4.91. The van der Waals surface area contributed by atoms with Crippen molar-refractivity contribution in [2.75, 3.05) is 11.5 Å². The second kappa shape index (κ2) is 3.75. The zero-order valence-electron chi connectivity index (χ0n) is 8.84. The van der Waals surface area contributed by atoms with Crippen molar-refractivity contribution in [1.29, 1.82) is 0 Å². The highest BCUT2D eigenvalue weighted by molar-refractivity contribution is 7.91. The lowest BCUT2D eigenvalue weighted by atomic mass is 10.1. The van der Waals surface area contributed by atoms with E-state index >= 15 is 0 Å². The molecule has 0 saturated carbocycles. The molecule has 16 heavy (non-hydrogen) atoms. The normalized spacial score (nSPS) is 11.8. The standard InChI is InChI=1S/C11H12N2O2S/c1-2-16(14,15)11-4-3-10(12)9-7-13-6-5-8(9)11/h3-7H,2,12H2,1H3. The third-order valence-corrected chi connectivity index (χ3v) is 4.31. The number of nitrogens with two attached hydrogens (primary N) is 1. The van der Waals surface area contributed by atoms with E-state index in [1.807, 2.05) is 0 Å². The van der Waals surface area contributed by atoms with Crippen molar-refractivity contribution in [3.8, 4) is 0 Å². The van der Waals surface area contributed by atoms with E-state index in [2.05, 4.69) is 4.98 Å². The lowest BCUT2D eigenvalue weighted by Crippen LogP contribution is -2.05. The molecule has 4 nitrogen and oxygen atoms in total. The van der Waals surface area contributed by atoms with Crippen LogP contribution < -0.4 is 5.73 Å². The molecule has 0 radical (unpaired) electrons. The van der Waals surface area contributed by atoms with Crippen LogP contribution >= 0.6 is 0 Å². The minimum Gasteiger partial charge on any atom is -0.398 e. The predicted octanol–water partition coefficient (Wildman–Crippen LogP) is 1.61. The van der Waals surface area contributed by atoms with E-state index in [0.29, 0.717) is 21.4 Å². The molecule has 2 rings (SSSR count). The van der Waals surface area contributed by atoms with Crippen LogP contribution in [0.25, 0.3) is 10.8 Å². The number of aromatic nitrogens is 1. The Morgan fingerprint density at radius 2 is 2.00 bits per heavy atom. The molecule has 0 unspecified atom stereocenters. The maximum absolute atomic E-state index is 11.9. The SMILES string of the molecule is CCS(=O)(=O)c1ccc(N)c2cnccc12. The highest BCUT2D eigenvalue weighted by Crippen LogP contribution is 2.27.